The highest BCUT2D eigenvalue weighted by molar-refractivity contribution is 7.92. The molecule has 0 aliphatic rings. The van der Waals surface area contributed by atoms with Crippen molar-refractivity contribution in [3.8, 4) is 0 Å². The van der Waals surface area contributed by atoms with Crippen LogP contribution < -0.4 is 14.5 Å². The van der Waals surface area contributed by atoms with Crippen molar-refractivity contribution in [3.05, 3.63) is 90.2 Å². The largest absolute Gasteiger partial charge is 0.373 e. The number of rotatable bonds is 9. The average molecular weight is 456 g/mol. The van der Waals surface area contributed by atoms with Crippen LogP contribution in [0.4, 0.5) is 15.8 Å². The van der Waals surface area contributed by atoms with Gasteiger partial charge in [-0.05, 0) is 43.3 Å². The van der Waals surface area contributed by atoms with Gasteiger partial charge in [0.1, 0.15) is 12.4 Å². The molecule has 0 saturated heterocycles. The molecule has 32 heavy (non-hydrogen) atoms. The van der Waals surface area contributed by atoms with Crippen LogP contribution in [-0.2, 0) is 14.8 Å². The molecule has 0 atom stereocenters. The summed E-state index contributed by atoms with van der Waals surface area (Å²) < 4.78 is 41.8. The highest BCUT2D eigenvalue weighted by Gasteiger charge is 2.29. The second-order valence-corrected chi connectivity index (χ2v) is 9.25. The van der Waals surface area contributed by atoms with Gasteiger partial charge in [0.2, 0.25) is 5.91 Å². The summed E-state index contributed by atoms with van der Waals surface area (Å²) in [6.07, 6.45) is 0. The Kier molecular flexibility index (Phi) is 7.48. The molecule has 0 spiro atoms. The van der Waals surface area contributed by atoms with E-state index in [1.54, 1.807) is 12.1 Å². The number of carbonyl (C=O) groups excluding carboxylic acids is 1. The number of nitrogens with zero attached hydrogens (tertiary/aromatic N) is 2. The quantitative estimate of drug-likeness (QED) is 0.536. The van der Waals surface area contributed by atoms with Gasteiger partial charge in [0.25, 0.3) is 10.0 Å². The Hall–Kier alpha value is -3.39. The Morgan fingerprint density at radius 1 is 0.938 bits per heavy atom. The fraction of sp³-hybridized carbons (Fsp3) is 0.208. The molecule has 0 aromatic heterocycles. The molecule has 0 radical (unpaired) electrons. The molecule has 1 N–H and O–H groups in total. The molecule has 3 rings (SSSR count). The van der Waals surface area contributed by atoms with Crippen molar-refractivity contribution in [1.29, 1.82) is 0 Å². The number of amides is 1. The first-order chi connectivity index (χ1) is 15.3. The third kappa shape index (κ3) is 5.64. The lowest BCUT2D eigenvalue weighted by Gasteiger charge is -2.25. The van der Waals surface area contributed by atoms with Crippen LogP contribution >= 0.6 is 0 Å². The average Bonchev–Trinajstić information content (AvgIpc) is 2.79. The van der Waals surface area contributed by atoms with Crippen LogP contribution in [0.25, 0.3) is 0 Å². The molecular formula is C24H26FN3O3S. The number of likely N-dealkylation sites (N-methyl/N-ethyl adjacent to an activating group) is 1. The Morgan fingerprint density at radius 2 is 1.56 bits per heavy atom. The van der Waals surface area contributed by atoms with Gasteiger partial charge in [0.05, 0.1) is 10.6 Å². The summed E-state index contributed by atoms with van der Waals surface area (Å²) in [5.41, 5.74) is 1.71. The summed E-state index contributed by atoms with van der Waals surface area (Å²) >= 11 is 0. The highest BCUT2D eigenvalue weighted by atomic mass is 32.2. The van der Waals surface area contributed by atoms with Crippen LogP contribution in [0.2, 0.25) is 0 Å². The van der Waals surface area contributed by atoms with E-state index in [0.717, 1.165) is 15.6 Å². The second kappa shape index (κ2) is 10.3. The number of sulfonamides is 1. The molecule has 1 amide bonds. The lowest BCUT2D eigenvalue weighted by Crippen LogP contribution is -2.43. The van der Waals surface area contributed by atoms with E-state index < -0.39 is 28.3 Å². The molecule has 0 saturated carbocycles. The van der Waals surface area contributed by atoms with Crippen LogP contribution in [0.3, 0.4) is 0 Å². The van der Waals surface area contributed by atoms with Crippen LogP contribution in [0.5, 0.6) is 0 Å². The van der Waals surface area contributed by atoms with E-state index in [9.17, 15) is 17.6 Å². The zero-order valence-electron chi connectivity index (χ0n) is 18.0. The molecular weight excluding hydrogens is 429 g/mol. The standard InChI is InChI=1S/C24H26FN3O3S/c1-19-12-14-21(15-13-19)32(30,31)28(23-11-7-6-10-22(23)25)18-24(29)26-16-17-27(2)20-8-4-3-5-9-20/h3-15H,16-18H2,1-2H3,(H,26,29). The third-order valence-electron chi connectivity index (χ3n) is 4.98. The molecule has 6 nitrogen and oxygen atoms in total. The van der Waals surface area contributed by atoms with Crippen molar-refractivity contribution in [2.24, 2.45) is 0 Å². The molecule has 0 fully saturated rings. The lowest BCUT2D eigenvalue weighted by atomic mass is 10.2. The second-order valence-electron chi connectivity index (χ2n) is 7.38. The zero-order chi connectivity index (χ0) is 23.1. The molecule has 0 heterocycles. The molecule has 0 aliphatic carbocycles. The van der Waals surface area contributed by atoms with Crippen molar-refractivity contribution in [2.75, 3.05) is 35.9 Å². The molecule has 3 aromatic carbocycles. The number of benzene rings is 3. The van der Waals surface area contributed by atoms with Crippen molar-refractivity contribution in [1.82, 2.24) is 5.32 Å². The summed E-state index contributed by atoms with van der Waals surface area (Å²) in [7, 11) is -2.25. The number of hydrogen-bond acceptors (Lipinski definition) is 4. The maximum atomic E-state index is 14.5. The number of anilines is 2. The number of nitrogens with one attached hydrogen (secondary N) is 1. The van der Waals surface area contributed by atoms with Crippen LogP contribution in [0, 0.1) is 12.7 Å². The van der Waals surface area contributed by atoms with Gasteiger partial charge in [-0.25, -0.2) is 12.8 Å². The third-order valence-corrected chi connectivity index (χ3v) is 6.76. The SMILES string of the molecule is Cc1ccc(S(=O)(=O)N(CC(=O)NCCN(C)c2ccccc2)c2ccccc2F)cc1. The van der Waals surface area contributed by atoms with Crippen molar-refractivity contribution in [2.45, 2.75) is 11.8 Å². The van der Waals surface area contributed by atoms with Gasteiger partial charge in [-0.2, -0.15) is 0 Å². The predicted octanol–water partition coefficient (Wildman–Crippen LogP) is 3.58. The van der Waals surface area contributed by atoms with Gasteiger partial charge in [-0.3, -0.25) is 9.10 Å². The minimum absolute atomic E-state index is 0.0111. The molecule has 8 heteroatoms. The fourth-order valence-electron chi connectivity index (χ4n) is 3.15. The zero-order valence-corrected chi connectivity index (χ0v) is 18.8. The summed E-state index contributed by atoms with van der Waals surface area (Å²) in [6, 6.07) is 21.4. The summed E-state index contributed by atoms with van der Waals surface area (Å²) in [5, 5.41) is 2.73. The molecule has 0 aliphatic heterocycles. The monoisotopic (exact) mass is 455 g/mol. The molecule has 0 bridgehead atoms. The molecule has 3 aromatic rings. The maximum Gasteiger partial charge on any atom is 0.264 e. The molecule has 0 unspecified atom stereocenters. The van der Waals surface area contributed by atoms with E-state index in [1.165, 1.54) is 36.4 Å². The van der Waals surface area contributed by atoms with E-state index >= 15 is 0 Å². The van der Waals surface area contributed by atoms with E-state index in [1.807, 2.05) is 49.2 Å². The Bertz CT molecular complexity index is 1150. The van der Waals surface area contributed by atoms with E-state index in [4.69, 9.17) is 0 Å². The number of halogens is 1. The summed E-state index contributed by atoms with van der Waals surface area (Å²) in [6.45, 7) is 2.14. The highest BCUT2D eigenvalue weighted by Crippen LogP contribution is 2.26. The topological polar surface area (TPSA) is 69.7 Å². The first-order valence-corrected chi connectivity index (χ1v) is 11.6. The van der Waals surface area contributed by atoms with Crippen LogP contribution in [0.1, 0.15) is 5.56 Å². The molecule has 168 valence electrons. The van der Waals surface area contributed by atoms with Gasteiger partial charge in [0.15, 0.2) is 0 Å². The van der Waals surface area contributed by atoms with E-state index in [0.29, 0.717) is 13.1 Å². The van der Waals surface area contributed by atoms with Gasteiger partial charge in [-0.15, -0.1) is 0 Å². The fourth-order valence-corrected chi connectivity index (χ4v) is 4.58. The first kappa shape index (κ1) is 23.3. The summed E-state index contributed by atoms with van der Waals surface area (Å²) in [5.74, 6) is -1.25. The number of para-hydroxylation sites is 2. The van der Waals surface area contributed by atoms with Crippen molar-refractivity contribution >= 4 is 27.3 Å². The first-order valence-electron chi connectivity index (χ1n) is 10.2. The van der Waals surface area contributed by atoms with Crippen LogP contribution in [-0.4, -0.2) is 41.0 Å². The van der Waals surface area contributed by atoms with E-state index in [2.05, 4.69) is 5.32 Å². The number of carbonyl (C=O) groups is 1. The van der Waals surface area contributed by atoms with Gasteiger partial charge < -0.3 is 10.2 Å². The number of hydrogen-bond donors (Lipinski definition) is 1. The van der Waals surface area contributed by atoms with Gasteiger partial charge in [0, 0.05) is 25.8 Å². The van der Waals surface area contributed by atoms with Gasteiger partial charge in [-0.1, -0.05) is 48.0 Å². The van der Waals surface area contributed by atoms with Gasteiger partial charge >= 0.3 is 0 Å². The van der Waals surface area contributed by atoms with Crippen LogP contribution in [0.15, 0.2) is 83.8 Å². The minimum atomic E-state index is -4.15. The normalized spacial score (nSPS) is 11.1. The smallest absolute Gasteiger partial charge is 0.264 e. The Labute approximate surface area is 188 Å². The maximum absolute atomic E-state index is 14.5. The lowest BCUT2D eigenvalue weighted by molar-refractivity contribution is -0.119. The number of aryl methyl sites for hydroxylation is 1. The van der Waals surface area contributed by atoms with E-state index in [-0.39, 0.29) is 10.6 Å². The Balaban J connectivity index is 1.75. The van der Waals surface area contributed by atoms with Crippen molar-refractivity contribution < 1.29 is 17.6 Å². The van der Waals surface area contributed by atoms with Crippen molar-refractivity contribution in [3.63, 3.8) is 0 Å². The summed E-state index contributed by atoms with van der Waals surface area (Å²) in [4.78, 5) is 14.6. The predicted molar refractivity (Wildman–Crippen MR) is 125 cm³/mol. The minimum Gasteiger partial charge on any atom is -0.373 e. The Morgan fingerprint density at radius 3 is 2.22 bits per heavy atom.